The van der Waals surface area contributed by atoms with E-state index in [4.69, 9.17) is 5.73 Å². The minimum Gasteiger partial charge on any atom is -0.467 e. The number of halogens is 3. The predicted octanol–water partition coefficient (Wildman–Crippen LogP) is 0.630. The molecule has 0 aromatic carbocycles. The molecule has 6 nitrogen and oxygen atoms in total. The second kappa shape index (κ2) is 3.74. The molecule has 1 aromatic heterocycles. The zero-order valence-electron chi connectivity index (χ0n) is 6.87. The summed E-state index contributed by atoms with van der Waals surface area (Å²) in [5, 5.41) is 0. The van der Waals surface area contributed by atoms with Crippen LogP contribution in [0.4, 0.5) is 14.7 Å². The summed E-state index contributed by atoms with van der Waals surface area (Å²) in [7, 11) is 1.23. The van der Waals surface area contributed by atoms with Gasteiger partial charge in [0.15, 0.2) is 0 Å². The highest BCUT2D eigenvalue weighted by Gasteiger charge is 2.29. The molecule has 0 atom stereocenters. The summed E-state index contributed by atoms with van der Waals surface area (Å²) in [6, 6.07) is -0.956. The lowest BCUT2D eigenvalue weighted by molar-refractivity contribution is -0.102. The molecule has 0 bridgehead atoms. The second-order valence-electron chi connectivity index (χ2n) is 2.01. The van der Waals surface area contributed by atoms with Crippen molar-refractivity contribution in [3.8, 4) is 12.0 Å². The third-order valence-corrected chi connectivity index (χ3v) is 1.08. The normalized spacial score (nSPS) is 11.1. The first kappa shape index (κ1) is 10.6. The third kappa shape index (κ3) is 3.13. The van der Waals surface area contributed by atoms with Gasteiger partial charge in [-0.05, 0) is 0 Å². The maximum absolute atomic E-state index is 12.1. The van der Waals surface area contributed by atoms with Crippen molar-refractivity contribution in [2.75, 3.05) is 12.8 Å². The summed E-state index contributed by atoms with van der Waals surface area (Å²) in [6.45, 7) is 0. The first-order valence-electron chi connectivity index (χ1n) is 3.22. The Morgan fingerprint density at radius 2 is 1.86 bits per heavy atom. The van der Waals surface area contributed by atoms with Gasteiger partial charge in [-0.1, -0.05) is 0 Å². The van der Waals surface area contributed by atoms with E-state index in [1.165, 1.54) is 7.11 Å². The van der Waals surface area contributed by atoms with Crippen LogP contribution in [0.1, 0.15) is 0 Å². The molecule has 2 N–H and O–H groups in total. The second-order valence-corrected chi connectivity index (χ2v) is 2.45. The molecule has 0 amide bonds. The molecule has 0 saturated carbocycles. The number of nitrogens with zero attached hydrogens (tertiary/aromatic N) is 3. The minimum absolute atomic E-state index is 0.242. The van der Waals surface area contributed by atoms with Gasteiger partial charge in [-0.3, -0.25) is 0 Å². The van der Waals surface area contributed by atoms with Crippen LogP contribution in [0.2, 0.25) is 0 Å². The summed E-state index contributed by atoms with van der Waals surface area (Å²) >= 11 is 4.48. The predicted molar refractivity (Wildman–Crippen MR) is 42.2 cm³/mol. The highest BCUT2D eigenvalue weighted by Crippen LogP contribution is 2.23. The lowest BCUT2D eigenvalue weighted by Crippen LogP contribution is -2.18. The van der Waals surface area contributed by atoms with Crippen molar-refractivity contribution in [1.82, 2.24) is 15.0 Å². The molecule has 1 rings (SSSR count). The van der Waals surface area contributed by atoms with Gasteiger partial charge in [0.2, 0.25) is 5.95 Å². The van der Waals surface area contributed by atoms with Gasteiger partial charge in [-0.2, -0.15) is 9.97 Å². The first-order valence-corrected chi connectivity index (χ1v) is 3.60. The van der Waals surface area contributed by atoms with Gasteiger partial charge in [-0.15, -0.1) is 13.8 Å². The van der Waals surface area contributed by atoms with Crippen molar-refractivity contribution in [2.45, 2.75) is 5.57 Å². The van der Waals surface area contributed by atoms with E-state index in [-0.39, 0.29) is 12.0 Å². The molecule has 1 heterocycles. The standard InChI is InChI=1S/C5H5ClF2N4O2/c1-13-3-10-2(9)11-4(12-3)14-5(6,7)8/h1H3,(H2,9,10,11,12). The smallest absolute Gasteiger partial charge is 0.467 e. The lowest BCUT2D eigenvalue weighted by Gasteiger charge is -2.08. The van der Waals surface area contributed by atoms with Gasteiger partial charge >= 0.3 is 17.6 Å². The first-order chi connectivity index (χ1) is 6.40. The fourth-order valence-electron chi connectivity index (χ4n) is 0.593. The van der Waals surface area contributed by atoms with Gasteiger partial charge in [0.25, 0.3) is 0 Å². The third-order valence-electron chi connectivity index (χ3n) is 1.00. The fraction of sp³-hybridized carbons (Fsp3) is 0.400. The van der Waals surface area contributed by atoms with Crippen LogP contribution in [0.25, 0.3) is 0 Å². The average Bonchev–Trinajstić information content (AvgIpc) is 1.99. The van der Waals surface area contributed by atoms with E-state index in [1.807, 2.05) is 0 Å². The van der Waals surface area contributed by atoms with E-state index in [2.05, 4.69) is 36.0 Å². The van der Waals surface area contributed by atoms with Gasteiger partial charge in [-0.25, -0.2) is 0 Å². The zero-order valence-corrected chi connectivity index (χ0v) is 7.63. The monoisotopic (exact) mass is 226 g/mol. The molecule has 0 unspecified atom stereocenters. The molecule has 9 heteroatoms. The Bertz CT molecular complexity index is 332. The van der Waals surface area contributed by atoms with Gasteiger partial charge in [0.05, 0.1) is 7.11 Å². The molecule has 0 aliphatic heterocycles. The largest absolute Gasteiger partial charge is 0.489 e. The Kier molecular flexibility index (Phi) is 2.84. The Labute approximate surface area is 82.0 Å². The fourth-order valence-corrected chi connectivity index (χ4v) is 0.662. The van der Waals surface area contributed by atoms with Crippen LogP contribution >= 0.6 is 11.6 Å². The maximum atomic E-state index is 12.1. The van der Waals surface area contributed by atoms with Crippen molar-refractivity contribution < 1.29 is 18.3 Å². The molecule has 0 saturated heterocycles. The number of alkyl halides is 3. The summed E-state index contributed by atoms with van der Waals surface area (Å²) in [6.07, 6.45) is 0. The van der Waals surface area contributed by atoms with Crippen LogP contribution in [0.15, 0.2) is 0 Å². The van der Waals surface area contributed by atoms with Crippen molar-refractivity contribution in [3.05, 3.63) is 0 Å². The van der Waals surface area contributed by atoms with Crippen LogP contribution in [0.3, 0.4) is 0 Å². The molecule has 0 aliphatic rings. The number of hydrogen-bond acceptors (Lipinski definition) is 6. The number of methoxy groups -OCH3 is 1. The highest BCUT2D eigenvalue weighted by molar-refractivity contribution is 6.20. The van der Waals surface area contributed by atoms with Gasteiger partial charge in [0, 0.05) is 11.6 Å². The Balaban J connectivity index is 2.92. The van der Waals surface area contributed by atoms with Crippen molar-refractivity contribution in [1.29, 1.82) is 0 Å². The summed E-state index contributed by atoms with van der Waals surface area (Å²) in [4.78, 5) is 10.0. The molecule has 78 valence electrons. The molecule has 0 fully saturated rings. The van der Waals surface area contributed by atoms with Crippen molar-refractivity contribution in [2.24, 2.45) is 0 Å². The number of aromatic nitrogens is 3. The average molecular weight is 227 g/mol. The number of rotatable bonds is 3. The quantitative estimate of drug-likeness (QED) is 0.761. The molecular formula is C5H5ClF2N4O2. The van der Waals surface area contributed by atoms with E-state index in [0.717, 1.165) is 0 Å². The SMILES string of the molecule is COc1nc(N)nc(OC(F)(F)Cl)n1. The zero-order chi connectivity index (χ0) is 10.8. The topological polar surface area (TPSA) is 83.2 Å². The molecule has 1 aromatic rings. The molecular weight excluding hydrogens is 222 g/mol. The Morgan fingerprint density at radius 1 is 1.29 bits per heavy atom. The number of ether oxygens (including phenoxy) is 2. The van der Waals surface area contributed by atoms with E-state index >= 15 is 0 Å². The van der Waals surface area contributed by atoms with Crippen molar-refractivity contribution >= 4 is 17.5 Å². The van der Waals surface area contributed by atoms with Crippen LogP contribution in [0.5, 0.6) is 12.0 Å². The summed E-state index contributed by atoms with van der Waals surface area (Å²) < 4.78 is 32.6. The van der Waals surface area contributed by atoms with Crippen LogP contribution < -0.4 is 15.2 Å². The van der Waals surface area contributed by atoms with Gasteiger partial charge in [0.1, 0.15) is 0 Å². The van der Waals surface area contributed by atoms with Crippen LogP contribution in [0, 0.1) is 0 Å². The number of nitrogen functional groups attached to an aromatic ring is 1. The summed E-state index contributed by atoms with van der Waals surface area (Å²) in [5.74, 6) is -0.312. The Hall–Kier alpha value is -1.44. The van der Waals surface area contributed by atoms with E-state index in [0.29, 0.717) is 0 Å². The van der Waals surface area contributed by atoms with Crippen LogP contribution in [-0.4, -0.2) is 27.6 Å². The molecule has 14 heavy (non-hydrogen) atoms. The van der Waals surface area contributed by atoms with E-state index < -0.39 is 11.6 Å². The minimum atomic E-state index is -3.90. The summed E-state index contributed by atoms with van der Waals surface area (Å²) in [5.41, 5.74) is 1.24. The van der Waals surface area contributed by atoms with Gasteiger partial charge < -0.3 is 15.2 Å². The van der Waals surface area contributed by atoms with Crippen LogP contribution in [-0.2, 0) is 0 Å². The maximum Gasteiger partial charge on any atom is 0.489 e. The Morgan fingerprint density at radius 3 is 2.36 bits per heavy atom. The van der Waals surface area contributed by atoms with E-state index in [9.17, 15) is 8.78 Å². The number of nitrogens with two attached hydrogens (primary N) is 1. The number of hydrogen-bond donors (Lipinski definition) is 1. The number of anilines is 1. The highest BCUT2D eigenvalue weighted by atomic mass is 35.5. The molecule has 0 aliphatic carbocycles. The van der Waals surface area contributed by atoms with E-state index in [1.54, 1.807) is 0 Å². The van der Waals surface area contributed by atoms with Crippen molar-refractivity contribution in [3.63, 3.8) is 0 Å². The lowest BCUT2D eigenvalue weighted by atomic mass is 10.9. The molecule has 0 radical (unpaired) electrons. The molecule has 0 spiro atoms.